The van der Waals surface area contributed by atoms with E-state index in [1.807, 2.05) is 7.05 Å². The van der Waals surface area contributed by atoms with Crippen molar-refractivity contribution in [1.29, 1.82) is 0 Å². The SMILES string of the molecule is Cn1c(CN2CCOCC2)nnc1C1CCN(S(C)(=O)=O)CC1. The van der Waals surface area contributed by atoms with Gasteiger partial charge < -0.3 is 9.30 Å². The van der Waals surface area contributed by atoms with Gasteiger partial charge in [0.25, 0.3) is 0 Å². The summed E-state index contributed by atoms with van der Waals surface area (Å²) in [5.74, 6) is 2.22. The lowest BCUT2D eigenvalue weighted by Crippen LogP contribution is -2.37. The van der Waals surface area contributed by atoms with Crippen molar-refractivity contribution in [2.75, 3.05) is 45.6 Å². The Morgan fingerprint density at radius 2 is 1.78 bits per heavy atom. The lowest BCUT2D eigenvalue weighted by Gasteiger charge is -2.29. The molecule has 0 aromatic carbocycles. The topological polar surface area (TPSA) is 80.6 Å². The van der Waals surface area contributed by atoms with E-state index in [0.29, 0.717) is 13.1 Å². The Labute approximate surface area is 137 Å². The van der Waals surface area contributed by atoms with Crippen molar-refractivity contribution in [2.45, 2.75) is 25.3 Å². The van der Waals surface area contributed by atoms with Crippen molar-refractivity contribution >= 4 is 10.0 Å². The monoisotopic (exact) mass is 343 g/mol. The molecule has 1 aromatic heterocycles. The van der Waals surface area contributed by atoms with E-state index in [1.54, 1.807) is 4.31 Å². The molecule has 130 valence electrons. The average molecular weight is 343 g/mol. The van der Waals surface area contributed by atoms with Gasteiger partial charge in [-0.25, -0.2) is 12.7 Å². The normalized spacial score (nSPS) is 22.5. The minimum absolute atomic E-state index is 0.281. The molecule has 1 aromatic rings. The molecule has 0 bridgehead atoms. The smallest absolute Gasteiger partial charge is 0.211 e. The van der Waals surface area contributed by atoms with Gasteiger partial charge in [-0.15, -0.1) is 10.2 Å². The Hall–Kier alpha value is -1.03. The first-order valence-electron chi connectivity index (χ1n) is 8.08. The van der Waals surface area contributed by atoms with E-state index in [0.717, 1.165) is 57.3 Å². The third-order valence-corrected chi connectivity index (χ3v) is 6.06. The summed E-state index contributed by atoms with van der Waals surface area (Å²) in [6, 6.07) is 0. The summed E-state index contributed by atoms with van der Waals surface area (Å²) in [5.41, 5.74) is 0. The number of aromatic nitrogens is 3. The molecule has 8 nitrogen and oxygen atoms in total. The van der Waals surface area contributed by atoms with Crippen LogP contribution in [0.2, 0.25) is 0 Å². The Kier molecular flexibility index (Phi) is 5.00. The third kappa shape index (κ3) is 3.90. The quantitative estimate of drug-likeness (QED) is 0.752. The molecule has 9 heteroatoms. The van der Waals surface area contributed by atoms with Gasteiger partial charge >= 0.3 is 0 Å². The van der Waals surface area contributed by atoms with E-state index in [-0.39, 0.29) is 5.92 Å². The van der Waals surface area contributed by atoms with Gasteiger partial charge in [-0.05, 0) is 12.8 Å². The molecular formula is C14H25N5O3S. The second-order valence-electron chi connectivity index (χ2n) is 6.36. The van der Waals surface area contributed by atoms with Gasteiger partial charge in [0.15, 0.2) is 0 Å². The molecular weight excluding hydrogens is 318 g/mol. The number of hydrogen-bond acceptors (Lipinski definition) is 6. The second-order valence-corrected chi connectivity index (χ2v) is 8.34. The van der Waals surface area contributed by atoms with Gasteiger partial charge in [-0.1, -0.05) is 0 Å². The minimum Gasteiger partial charge on any atom is -0.379 e. The van der Waals surface area contributed by atoms with E-state index in [9.17, 15) is 8.42 Å². The Morgan fingerprint density at radius 1 is 1.13 bits per heavy atom. The summed E-state index contributed by atoms with van der Waals surface area (Å²) in [6.07, 6.45) is 2.88. The van der Waals surface area contributed by atoms with Gasteiger partial charge in [0.1, 0.15) is 11.6 Å². The molecule has 3 heterocycles. The third-order valence-electron chi connectivity index (χ3n) is 4.76. The number of hydrogen-bond donors (Lipinski definition) is 0. The molecule has 0 spiro atoms. The molecule has 3 rings (SSSR count). The number of ether oxygens (including phenoxy) is 1. The molecule has 0 amide bonds. The van der Waals surface area contributed by atoms with Crippen molar-refractivity contribution in [3.8, 4) is 0 Å². The van der Waals surface area contributed by atoms with Gasteiger partial charge in [-0.3, -0.25) is 4.90 Å². The predicted octanol–water partition coefficient (Wildman–Crippen LogP) is -0.214. The molecule has 2 fully saturated rings. The summed E-state index contributed by atoms with van der Waals surface area (Å²) in [4.78, 5) is 2.32. The number of piperidine rings is 1. The van der Waals surface area contributed by atoms with Crippen LogP contribution in [0.25, 0.3) is 0 Å². The molecule has 2 aliphatic heterocycles. The number of nitrogens with zero attached hydrogens (tertiary/aromatic N) is 5. The van der Waals surface area contributed by atoms with E-state index in [1.165, 1.54) is 6.26 Å². The lowest BCUT2D eigenvalue weighted by molar-refractivity contribution is 0.0326. The number of morpholine rings is 1. The average Bonchev–Trinajstić information content (AvgIpc) is 2.89. The fourth-order valence-electron chi connectivity index (χ4n) is 3.27. The van der Waals surface area contributed by atoms with Gasteiger partial charge in [0.05, 0.1) is 26.0 Å². The molecule has 0 unspecified atom stereocenters. The first-order valence-corrected chi connectivity index (χ1v) is 9.93. The van der Waals surface area contributed by atoms with Crippen molar-refractivity contribution in [3.63, 3.8) is 0 Å². The highest BCUT2D eigenvalue weighted by atomic mass is 32.2. The zero-order chi connectivity index (χ0) is 16.4. The fraction of sp³-hybridized carbons (Fsp3) is 0.857. The van der Waals surface area contributed by atoms with Gasteiger partial charge in [0, 0.05) is 39.1 Å². The molecule has 0 atom stereocenters. The van der Waals surface area contributed by atoms with Crippen LogP contribution in [0.5, 0.6) is 0 Å². The van der Waals surface area contributed by atoms with E-state index in [4.69, 9.17) is 4.74 Å². The van der Waals surface area contributed by atoms with E-state index < -0.39 is 10.0 Å². The molecule has 0 N–H and O–H groups in total. The van der Waals surface area contributed by atoms with E-state index >= 15 is 0 Å². The Morgan fingerprint density at radius 3 is 2.39 bits per heavy atom. The van der Waals surface area contributed by atoms with Crippen molar-refractivity contribution in [3.05, 3.63) is 11.6 Å². The van der Waals surface area contributed by atoms with Crippen LogP contribution in [0.1, 0.15) is 30.4 Å². The first kappa shape index (κ1) is 16.8. The second kappa shape index (κ2) is 6.84. The number of sulfonamides is 1. The molecule has 0 saturated carbocycles. The molecule has 2 aliphatic rings. The lowest BCUT2D eigenvalue weighted by atomic mass is 9.97. The maximum absolute atomic E-state index is 11.6. The predicted molar refractivity (Wildman–Crippen MR) is 85.5 cm³/mol. The zero-order valence-electron chi connectivity index (χ0n) is 13.8. The molecule has 0 aliphatic carbocycles. The van der Waals surface area contributed by atoms with Crippen LogP contribution in [0, 0.1) is 0 Å². The largest absolute Gasteiger partial charge is 0.379 e. The molecule has 2 saturated heterocycles. The van der Waals surface area contributed by atoms with Crippen LogP contribution in [0.4, 0.5) is 0 Å². The Bertz CT molecular complexity index is 631. The van der Waals surface area contributed by atoms with Crippen LogP contribution in [0.3, 0.4) is 0 Å². The minimum atomic E-state index is -3.08. The van der Waals surface area contributed by atoms with Crippen LogP contribution in [-0.2, 0) is 28.4 Å². The highest BCUT2D eigenvalue weighted by Crippen LogP contribution is 2.27. The van der Waals surface area contributed by atoms with Gasteiger partial charge in [-0.2, -0.15) is 0 Å². The molecule has 0 radical (unpaired) electrons. The molecule has 23 heavy (non-hydrogen) atoms. The van der Waals surface area contributed by atoms with Crippen molar-refractivity contribution < 1.29 is 13.2 Å². The van der Waals surface area contributed by atoms with Crippen molar-refractivity contribution in [2.24, 2.45) is 7.05 Å². The van der Waals surface area contributed by atoms with Crippen LogP contribution >= 0.6 is 0 Å². The van der Waals surface area contributed by atoms with E-state index in [2.05, 4.69) is 19.7 Å². The van der Waals surface area contributed by atoms with Crippen LogP contribution in [0.15, 0.2) is 0 Å². The fourth-order valence-corrected chi connectivity index (χ4v) is 4.15. The highest BCUT2D eigenvalue weighted by Gasteiger charge is 2.29. The Balaban J connectivity index is 1.63. The first-order chi connectivity index (χ1) is 10.9. The number of rotatable bonds is 4. The maximum Gasteiger partial charge on any atom is 0.211 e. The zero-order valence-corrected chi connectivity index (χ0v) is 14.6. The maximum atomic E-state index is 11.6. The summed E-state index contributed by atoms with van der Waals surface area (Å²) in [6.45, 7) is 5.31. The standard InChI is InChI=1S/C14H25N5O3S/c1-17-13(11-18-7-9-22-10-8-18)15-16-14(17)12-3-5-19(6-4-12)23(2,20)21/h12H,3-11H2,1-2H3. The van der Waals surface area contributed by atoms with Crippen LogP contribution < -0.4 is 0 Å². The summed E-state index contributed by atoms with van der Waals surface area (Å²) in [7, 11) is -1.08. The summed E-state index contributed by atoms with van der Waals surface area (Å²) < 4.78 is 32.2. The summed E-state index contributed by atoms with van der Waals surface area (Å²) >= 11 is 0. The van der Waals surface area contributed by atoms with Crippen molar-refractivity contribution in [1.82, 2.24) is 24.0 Å². The summed E-state index contributed by atoms with van der Waals surface area (Å²) in [5, 5.41) is 8.73. The highest BCUT2D eigenvalue weighted by molar-refractivity contribution is 7.88. The van der Waals surface area contributed by atoms with Gasteiger partial charge in [0.2, 0.25) is 10.0 Å². The van der Waals surface area contributed by atoms with Crippen LogP contribution in [-0.4, -0.2) is 78.0 Å².